The van der Waals surface area contributed by atoms with Crippen molar-refractivity contribution in [1.29, 1.82) is 0 Å². The summed E-state index contributed by atoms with van der Waals surface area (Å²) in [5.74, 6) is 0. The molecule has 0 spiro atoms. The Bertz CT molecular complexity index is 835. The van der Waals surface area contributed by atoms with Gasteiger partial charge in [-0.15, -0.1) is 11.3 Å². The van der Waals surface area contributed by atoms with E-state index in [1.807, 2.05) is 24.1 Å². The van der Waals surface area contributed by atoms with Crippen LogP contribution in [0, 0.1) is 6.92 Å². The topological polar surface area (TPSA) is 34.0 Å². The van der Waals surface area contributed by atoms with Crippen molar-refractivity contribution in [3.63, 3.8) is 0 Å². The average Bonchev–Trinajstić information content (AvgIpc) is 3.28. The van der Waals surface area contributed by atoms with Crippen molar-refractivity contribution >= 4 is 11.3 Å². The Morgan fingerprint density at radius 2 is 2.25 bits per heavy atom. The summed E-state index contributed by atoms with van der Waals surface area (Å²) in [4.78, 5) is 7.39. The highest BCUT2D eigenvalue weighted by Crippen LogP contribution is 2.34. The molecule has 1 atom stereocenters. The molecule has 5 heteroatoms. The Labute approximate surface area is 146 Å². The molecule has 1 saturated heterocycles. The minimum atomic E-state index is 0.522. The zero-order valence-electron chi connectivity index (χ0n) is 14.1. The van der Waals surface area contributed by atoms with Crippen LogP contribution in [0.2, 0.25) is 0 Å². The van der Waals surface area contributed by atoms with Gasteiger partial charge >= 0.3 is 0 Å². The fraction of sp³-hybridized carbons (Fsp3) is 0.368. The molecule has 3 aromatic rings. The summed E-state index contributed by atoms with van der Waals surface area (Å²) >= 11 is 1.71. The van der Waals surface area contributed by atoms with E-state index in [1.165, 1.54) is 29.7 Å². The number of nitrogens with zero attached hydrogens (tertiary/aromatic N) is 4. The number of aromatic nitrogens is 3. The molecule has 24 heavy (non-hydrogen) atoms. The largest absolute Gasteiger partial charge is 0.290 e. The highest BCUT2D eigenvalue weighted by atomic mass is 32.1. The molecule has 0 N–H and O–H groups in total. The quantitative estimate of drug-likeness (QED) is 0.715. The van der Waals surface area contributed by atoms with Gasteiger partial charge in [-0.1, -0.05) is 29.8 Å². The Kier molecular flexibility index (Phi) is 4.21. The van der Waals surface area contributed by atoms with Crippen LogP contribution in [-0.2, 0) is 13.6 Å². The SMILES string of the molecule is Cc1cccc([C@@H]2CCCN2Cc2csc(-c3cnn(C)c3)n2)c1. The Hall–Kier alpha value is -1.98. The van der Waals surface area contributed by atoms with Gasteiger partial charge in [0.2, 0.25) is 0 Å². The van der Waals surface area contributed by atoms with Gasteiger partial charge in [-0.05, 0) is 31.9 Å². The first-order valence-corrected chi connectivity index (χ1v) is 9.31. The number of aryl methyl sites for hydroxylation is 2. The van der Waals surface area contributed by atoms with Gasteiger partial charge in [0.25, 0.3) is 0 Å². The molecule has 0 radical (unpaired) electrons. The summed E-state index contributed by atoms with van der Waals surface area (Å²) in [6, 6.07) is 9.45. The molecule has 0 saturated carbocycles. The molecular weight excluding hydrogens is 316 g/mol. The molecule has 2 aromatic heterocycles. The maximum atomic E-state index is 4.83. The second kappa shape index (κ2) is 6.49. The second-order valence-corrected chi connectivity index (χ2v) is 7.45. The van der Waals surface area contributed by atoms with Gasteiger partial charge in [0.1, 0.15) is 5.01 Å². The molecule has 3 heterocycles. The molecule has 0 bridgehead atoms. The predicted octanol–water partition coefficient (Wildman–Crippen LogP) is 4.19. The van der Waals surface area contributed by atoms with E-state index in [2.05, 4.69) is 46.6 Å². The summed E-state index contributed by atoms with van der Waals surface area (Å²) < 4.78 is 1.82. The molecule has 124 valence electrons. The standard InChI is InChI=1S/C19H22N4S/c1-14-5-3-6-15(9-14)18-7-4-8-23(18)12-17-13-24-19(21-17)16-10-20-22(2)11-16/h3,5-6,9-11,13,18H,4,7-8,12H2,1-2H3/t18-/m0/s1. The van der Waals surface area contributed by atoms with Crippen LogP contribution in [0.4, 0.5) is 0 Å². The number of likely N-dealkylation sites (tertiary alicyclic amines) is 1. The maximum absolute atomic E-state index is 4.83. The van der Waals surface area contributed by atoms with Gasteiger partial charge in [-0.2, -0.15) is 5.10 Å². The van der Waals surface area contributed by atoms with Gasteiger partial charge in [-0.3, -0.25) is 9.58 Å². The third-order valence-electron chi connectivity index (χ3n) is 4.66. The van der Waals surface area contributed by atoms with Crippen molar-refractivity contribution in [2.45, 2.75) is 32.4 Å². The smallest absolute Gasteiger partial charge is 0.126 e. The molecule has 1 aliphatic rings. The number of thiazole rings is 1. The van der Waals surface area contributed by atoms with Crippen molar-refractivity contribution in [3.05, 3.63) is 58.9 Å². The van der Waals surface area contributed by atoms with E-state index in [1.54, 1.807) is 11.3 Å². The first-order valence-electron chi connectivity index (χ1n) is 8.43. The molecular formula is C19H22N4S. The number of benzene rings is 1. The van der Waals surface area contributed by atoms with Gasteiger partial charge in [0.15, 0.2) is 0 Å². The maximum Gasteiger partial charge on any atom is 0.126 e. The molecule has 1 aromatic carbocycles. The lowest BCUT2D eigenvalue weighted by atomic mass is 10.0. The van der Waals surface area contributed by atoms with Crippen LogP contribution >= 0.6 is 11.3 Å². The van der Waals surface area contributed by atoms with Gasteiger partial charge in [-0.25, -0.2) is 4.98 Å². The minimum Gasteiger partial charge on any atom is -0.290 e. The van der Waals surface area contributed by atoms with E-state index in [-0.39, 0.29) is 0 Å². The summed E-state index contributed by atoms with van der Waals surface area (Å²) in [6.45, 7) is 4.25. The van der Waals surface area contributed by atoms with Crippen LogP contribution in [0.1, 0.15) is 35.7 Å². The monoisotopic (exact) mass is 338 g/mol. The lowest BCUT2D eigenvalue weighted by Gasteiger charge is -2.24. The number of hydrogen-bond acceptors (Lipinski definition) is 4. The summed E-state index contributed by atoms with van der Waals surface area (Å²) in [6.07, 6.45) is 6.41. The molecule has 4 rings (SSSR count). The molecule has 0 amide bonds. The van der Waals surface area contributed by atoms with Crippen molar-refractivity contribution in [2.24, 2.45) is 7.05 Å². The Balaban J connectivity index is 1.51. The summed E-state index contributed by atoms with van der Waals surface area (Å²) in [5, 5.41) is 7.49. The molecule has 1 aliphatic heterocycles. The normalized spacial score (nSPS) is 18.3. The van der Waals surface area contributed by atoms with E-state index in [0.29, 0.717) is 6.04 Å². The van der Waals surface area contributed by atoms with Crippen molar-refractivity contribution in [3.8, 4) is 10.6 Å². The number of hydrogen-bond donors (Lipinski definition) is 0. The van der Waals surface area contributed by atoms with Gasteiger partial charge < -0.3 is 0 Å². The third-order valence-corrected chi connectivity index (χ3v) is 5.60. The van der Waals surface area contributed by atoms with Crippen LogP contribution in [0.15, 0.2) is 42.0 Å². The van der Waals surface area contributed by atoms with E-state index in [0.717, 1.165) is 23.7 Å². The van der Waals surface area contributed by atoms with Crippen molar-refractivity contribution < 1.29 is 0 Å². The zero-order chi connectivity index (χ0) is 16.5. The third kappa shape index (κ3) is 3.14. The minimum absolute atomic E-state index is 0.522. The van der Waals surface area contributed by atoms with Crippen LogP contribution < -0.4 is 0 Å². The second-order valence-electron chi connectivity index (χ2n) is 6.59. The lowest BCUT2D eigenvalue weighted by molar-refractivity contribution is 0.246. The fourth-order valence-electron chi connectivity index (χ4n) is 3.52. The van der Waals surface area contributed by atoms with Gasteiger partial charge in [0.05, 0.1) is 11.9 Å². The molecule has 1 fully saturated rings. The van der Waals surface area contributed by atoms with Crippen LogP contribution in [-0.4, -0.2) is 26.2 Å². The fourth-order valence-corrected chi connectivity index (χ4v) is 4.31. The molecule has 4 nitrogen and oxygen atoms in total. The highest BCUT2D eigenvalue weighted by Gasteiger charge is 2.26. The van der Waals surface area contributed by atoms with Gasteiger partial charge in [0, 0.05) is 36.8 Å². The number of rotatable bonds is 4. The van der Waals surface area contributed by atoms with Crippen molar-refractivity contribution in [1.82, 2.24) is 19.7 Å². The van der Waals surface area contributed by atoms with Crippen LogP contribution in [0.5, 0.6) is 0 Å². The first kappa shape index (κ1) is 15.5. The zero-order valence-corrected chi connectivity index (χ0v) is 15.0. The summed E-state index contributed by atoms with van der Waals surface area (Å²) in [5.41, 5.74) is 5.05. The highest BCUT2D eigenvalue weighted by molar-refractivity contribution is 7.13. The van der Waals surface area contributed by atoms with Crippen LogP contribution in [0.3, 0.4) is 0 Å². The van der Waals surface area contributed by atoms with Crippen LogP contribution in [0.25, 0.3) is 10.6 Å². The van der Waals surface area contributed by atoms with E-state index < -0.39 is 0 Å². The van der Waals surface area contributed by atoms with E-state index in [4.69, 9.17) is 4.98 Å². The van der Waals surface area contributed by atoms with E-state index in [9.17, 15) is 0 Å². The molecule has 0 aliphatic carbocycles. The lowest BCUT2D eigenvalue weighted by Crippen LogP contribution is -2.23. The van der Waals surface area contributed by atoms with Crippen molar-refractivity contribution in [2.75, 3.05) is 6.54 Å². The first-order chi connectivity index (χ1) is 11.7. The average molecular weight is 338 g/mol. The Morgan fingerprint density at radius 1 is 1.33 bits per heavy atom. The Morgan fingerprint density at radius 3 is 3.04 bits per heavy atom. The van der Waals surface area contributed by atoms with E-state index >= 15 is 0 Å². The molecule has 0 unspecified atom stereocenters. The predicted molar refractivity (Wildman–Crippen MR) is 97.9 cm³/mol. The summed E-state index contributed by atoms with van der Waals surface area (Å²) in [7, 11) is 1.94.